The number of amides is 3. The molecule has 1 aliphatic heterocycles. The summed E-state index contributed by atoms with van der Waals surface area (Å²) in [7, 11) is 0. The van der Waals surface area contributed by atoms with Crippen LogP contribution in [-0.2, 0) is 9.59 Å². The highest BCUT2D eigenvalue weighted by Crippen LogP contribution is 2.19. The highest BCUT2D eigenvalue weighted by Gasteiger charge is 2.27. The van der Waals surface area contributed by atoms with E-state index in [2.05, 4.69) is 16.0 Å². The quantitative estimate of drug-likeness (QED) is 0.791. The smallest absolute Gasteiger partial charge is 0.254 e. The Kier molecular flexibility index (Phi) is 5.02. The molecule has 0 fully saturated rings. The number of carbonyl (C=O) groups is 3. The normalized spacial score (nSPS) is 16.2. The van der Waals surface area contributed by atoms with Crippen molar-refractivity contribution in [1.82, 2.24) is 5.32 Å². The molecule has 1 heterocycles. The van der Waals surface area contributed by atoms with Crippen LogP contribution in [0.25, 0.3) is 0 Å². The van der Waals surface area contributed by atoms with E-state index in [4.69, 9.17) is 0 Å². The first-order chi connectivity index (χ1) is 12.4. The number of anilines is 2. The van der Waals surface area contributed by atoms with E-state index in [0.29, 0.717) is 11.3 Å². The summed E-state index contributed by atoms with van der Waals surface area (Å²) in [5, 5.41) is 8.27. The van der Waals surface area contributed by atoms with Gasteiger partial charge in [0, 0.05) is 12.1 Å². The van der Waals surface area contributed by atoms with Gasteiger partial charge in [-0.2, -0.15) is 0 Å². The Morgan fingerprint density at radius 3 is 2.50 bits per heavy atom. The fraction of sp³-hybridized carbons (Fsp3) is 0.250. The number of aryl methyl sites for hydroxylation is 2. The van der Waals surface area contributed by atoms with Crippen LogP contribution in [0.3, 0.4) is 0 Å². The van der Waals surface area contributed by atoms with Gasteiger partial charge in [-0.15, -0.1) is 0 Å². The van der Waals surface area contributed by atoms with E-state index in [1.807, 2.05) is 32.0 Å². The Morgan fingerprint density at radius 2 is 1.77 bits per heavy atom. The lowest BCUT2D eigenvalue weighted by Gasteiger charge is -2.14. The van der Waals surface area contributed by atoms with Gasteiger partial charge in [-0.3, -0.25) is 14.4 Å². The van der Waals surface area contributed by atoms with Crippen LogP contribution in [0.4, 0.5) is 11.4 Å². The number of nitrogens with one attached hydrogen (secondary N) is 3. The molecular formula is C20H21N3O3. The van der Waals surface area contributed by atoms with Crippen molar-refractivity contribution < 1.29 is 14.4 Å². The van der Waals surface area contributed by atoms with Crippen molar-refractivity contribution in [3.8, 4) is 0 Å². The molecule has 0 saturated heterocycles. The Hall–Kier alpha value is -3.15. The monoisotopic (exact) mass is 351 g/mol. The summed E-state index contributed by atoms with van der Waals surface area (Å²) in [5.74, 6) is -0.833. The van der Waals surface area contributed by atoms with Gasteiger partial charge in [-0.05, 0) is 55.7 Å². The Bertz CT molecular complexity index is 856. The number of fused-ring (bicyclic) bond motifs is 1. The highest BCUT2D eigenvalue weighted by molar-refractivity contribution is 6.09. The van der Waals surface area contributed by atoms with Gasteiger partial charge >= 0.3 is 0 Å². The third kappa shape index (κ3) is 4.08. The van der Waals surface area contributed by atoms with E-state index in [9.17, 15) is 14.4 Å². The zero-order chi connectivity index (χ0) is 18.7. The lowest BCUT2D eigenvalue weighted by atomic mass is 10.1. The third-order valence-electron chi connectivity index (χ3n) is 4.22. The average molecular weight is 351 g/mol. The second-order valence-electron chi connectivity index (χ2n) is 6.52. The summed E-state index contributed by atoms with van der Waals surface area (Å²) < 4.78 is 0. The molecule has 6 heteroatoms. The number of benzene rings is 2. The maximum absolute atomic E-state index is 12.3. The maximum Gasteiger partial charge on any atom is 0.254 e. The maximum atomic E-state index is 12.3. The predicted molar refractivity (Wildman–Crippen MR) is 100 cm³/mol. The molecule has 0 saturated carbocycles. The van der Waals surface area contributed by atoms with E-state index in [1.54, 1.807) is 24.3 Å². The zero-order valence-electron chi connectivity index (χ0n) is 14.8. The molecule has 1 aliphatic rings. The molecular weight excluding hydrogens is 330 g/mol. The lowest BCUT2D eigenvalue weighted by Crippen LogP contribution is -2.41. The van der Waals surface area contributed by atoms with Crippen LogP contribution in [0.2, 0.25) is 0 Å². The van der Waals surface area contributed by atoms with Crippen molar-refractivity contribution in [1.29, 1.82) is 0 Å². The first-order valence-corrected chi connectivity index (χ1v) is 8.51. The summed E-state index contributed by atoms with van der Waals surface area (Å²) in [6, 6.07) is 11.9. The lowest BCUT2D eigenvalue weighted by molar-refractivity contribution is -0.118. The SMILES string of the molecule is Cc1cc(C)cc(NC(=O)CCC2NC(=O)c3ccccc3NC2=O)c1. The third-order valence-corrected chi connectivity index (χ3v) is 4.22. The molecule has 0 spiro atoms. The van der Waals surface area contributed by atoms with Crippen LogP contribution in [0.1, 0.15) is 34.3 Å². The number of hydrogen-bond acceptors (Lipinski definition) is 3. The Labute approximate surface area is 152 Å². The van der Waals surface area contributed by atoms with E-state index >= 15 is 0 Å². The fourth-order valence-electron chi connectivity index (χ4n) is 3.06. The summed E-state index contributed by atoms with van der Waals surface area (Å²) in [6.45, 7) is 3.93. The van der Waals surface area contributed by atoms with Crippen molar-refractivity contribution in [2.75, 3.05) is 10.6 Å². The minimum absolute atomic E-state index is 0.127. The summed E-state index contributed by atoms with van der Waals surface area (Å²) in [5.41, 5.74) is 3.76. The second kappa shape index (κ2) is 7.39. The van der Waals surface area contributed by atoms with Crippen molar-refractivity contribution in [3.05, 3.63) is 59.2 Å². The van der Waals surface area contributed by atoms with Crippen molar-refractivity contribution in [2.45, 2.75) is 32.7 Å². The highest BCUT2D eigenvalue weighted by atomic mass is 16.2. The summed E-state index contributed by atoms with van der Waals surface area (Å²) in [4.78, 5) is 36.8. The molecule has 134 valence electrons. The first-order valence-electron chi connectivity index (χ1n) is 8.51. The van der Waals surface area contributed by atoms with Gasteiger partial charge in [-0.25, -0.2) is 0 Å². The molecule has 2 aromatic rings. The number of carbonyl (C=O) groups excluding carboxylic acids is 3. The van der Waals surface area contributed by atoms with Crippen molar-refractivity contribution >= 4 is 29.1 Å². The molecule has 6 nitrogen and oxygen atoms in total. The average Bonchev–Trinajstić information content (AvgIpc) is 2.69. The minimum Gasteiger partial charge on any atom is -0.340 e. The van der Waals surface area contributed by atoms with Gasteiger partial charge in [-0.1, -0.05) is 18.2 Å². The minimum atomic E-state index is -0.750. The van der Waals surface area contributed by atoms with Crippen molar-refractivity contribution in [3.63, 3.8) is 0 Å². The molecule has 1 unspecified atom stereocenters. The fourth-order valence-corrected chi connectivity index (χ4v) is 3.06. The van der Waals surface area contributed by atoms with Crippen LogP contribution < -0.4 is 16.0 Å². The van der Waals surface area contributed by atoms with Crippen molar-refractivity contribution in [2.24, 2.45) is 0 Å². The Balaban J connectivity index is 1.61. The van der Waals surface area contributed by atoms with Crippen LogP contribution >= 0.6 is 0 Å². The largest absolute Gasteiger partial charge is 0.340 e. The van der Waals surface area contributed by atoms with Crippen LogP contribution in [-0.4, -0.2) is 23.8 Å². The summed E-state index contributed by atoms with van der Waals surface area (Å²) in [6.07, 6.45) is 0.351. The number of para-hydroxylation sites is 1. The summed E-state index contributed by atoms with van der Waals surface area (Å²) >= 11 is 0. The standard InChI is InChI=1S/C20H21N3O3/c1-12-9-13(2)11-14(10-12)21-18(24)8-7-17-20(26)22-16-6-4-3-5-15(16)19(25)23-17/h3-6,9-11,17H,7-8H2,1-2H3,(H,21,24)(H,22,26)(H,23,25). The molecule has 1 atom stereocenters. The van der Waals surface area contributed by atoms with Gasteiger partial charge in [0.15, 0.2) is 0 Å². The predicted octanol–water partition coefficient (Wildman–Crippen LogP) is 2.77. The first kappa shape index (κ1) is 17.7. The van der Waals surface area contributed by atoms with Gasteiger partial charge < -0.3 is 16.0 Å². The molecule has 3 rings (SSSR count). The van der Waals surface area contributed by atoms with Gasteiger partial charge in [0.1, 0.15) is 6.04 Å². The molecule has 2 aromatic carbocycles. The van der Waals surface area contributed by atoms with Crippen LogP contribution in [0, 0.1) is 13.8 Å². The van der Waals surface area contributed by atoms with Crippen LogP contribution in [0.15, 0.2) is 42.5 Å². The molecule has 3 amide bonds. The molecule has 0 aromatic heterocycles. The van der Waals surface area contributed by atoms with Gasteiger partial charge in [0.05, 0.1) is 11.3 Å². The topological polar surface area (TPSA) is 87.3 Å². The molecule has 0 radical (unpaired) electrons. The van der Waals surface area contributed by atoms with E-state index < -0.39 is 6.04 Å². The zero-order valence-corrected chi connectivity index (χ0v) is 14.8. The van der Waals surface area contributed by atoms with E-state index in [0.717, 1.165) is 16.8 Å². The molecule has 26 heavy (non-hydrogen) atoms. The van der Waals surface area contributed by atoms with Gasteiger partial charge in [0.25, 0.3) is 5.91 Å². The number of hydrogen-bond donors (Lipinski definition) is 3. The van der Waals surface area contributed by atoms with E-state index in [-0.39, 0.29) is 30.6 Å². The number of rotatable bonds is 4. The molecule has 0 aliphatic carbocycles. The Morgan fingerprint density at radius 1 is 1.08 bits per heavy atom. The molecule has 0 bridgehead atoms. The van der Waals surface area contributed by atoms with Gasteiger partial charge in [0.2, 0.25) is 11.8 Å². The van der Waals surface area contributed by atoms with Crippen LogP contribution in [0.5, 0.6) is 0 Å². The molecule has 3 N–H and O–H groups in total. The van der Waals surface area contributed by atoms with E-state index in [1.165, 1.54) is 0 Å². The second-order valence-corrected chi connectivity index (χ2v) is 6.52.